The van der Waals surface area contributed by atoms with E-state index in [9.17, 15) is 36.6 Å². The molecule has 2 spiro atoms. The molecule has 2 amide bonds. The minimum atomic E-state index is -3.92. The van der Waals surface area contributed by atoms with Crippen LogP contribution in [-0.2, 0) is 43.7 Å². The molecule has 0 radical (unpaired) electrons. The Kier molecular flexibility index (Phi) is 21.7. The molecule has 4 bridgehead atoms. The zero-order valence-corrected chi connectivity index (χ0v) is 61.7. The Morgan fingerprint density at radius 1 is 0.500 bits per heavy atom. The maximum atomic E-state index is 13.6. The SMILES string of the molecule is C[C@@H]1[C@@H](C)CCC[C@@](O)(CCN2CCCCC2)[C@@H]2CC[C@H]2CN2C[C@@]3(CCCc4cc(Cl)ccc43)COc3ccc(cc32)C(=O)NS1(=O)=O.C[C@@H]1[C@@H](C)CCC[C@](O)(CCN2CCCCC2)[C@@H]2CC[C@H]2CN2C[C@@]3(CCCc4cc(Cl)ccc43)COc3ccc(cc32)C(=O)NS1(=O)=O. The van der Waals surface area contributed by atoms with Crippen LogP contribution < -0.4 is 28.7 Å². The number of carbonyl (C=O) groups is 2. The van der Waals surface area contributed by atoms with Crippen LogP contribution in [0.5, 0.6) is 11.5 Å². The number of likely N-dealkylation sites (tertiary alicyclic amines) is 2. The van der Waals surface area contributed by atoms with Crippen LogP contribution in [0, 0.1) is 35.5 Å². The second-order valence-corrected chi connectivity index (χ2v) is 37.0. The van der Waals surface area contributed by atoms with Gasteiger partial charge in [0.15, 0.2) is 0 Å². The molecular weight excluding hydrogens is 1320 g/mol. The lowest BCUT2D eigenvalue weighted by molar-refractivity contribution is -0.0983. The molecule has 4 aromatic rings. The summed E-state index contributed by atoms with van der Waals surface area (Å²) in [6, 6.07) is 23.2. The van der Waals surface area contributed by atoms with Crippen LogP contribution >= 0.6 is 23.2 Å². The molecule has 4 aliphatic carbocycles. The van der Waals surface area contributed by atoms with Gasteiger partial charge >= 0.3 is 0 Å². The zero-order valence-electron chi connectivity index (χ0n) is 58.5. The van der Waals surface area contributed by atoms with Crippen LogP contribution in [0.25, 0.3) is 0 Å². The third-order valence-electron chi connectivity index (χ3n) is 25.9. The standard InChI is InChI=1S/2C39H54ClN3O5S/c2*1-27-8-6-17-39(45,18-21-42-19-4-3-5-20-42)34-13-10-31(34)24-43-25-38(16-7-9-29-22-32(40)12-14-33(29)38)26-48-36-15-11-30(23-35(36)43)37(44)41-49(46,47)28(27)2/h2*11-12,14-15,22-23,27-28,31,34,45H,3-10,13,16-21,24-26H2,1-2H3,(H,41,44)/t27-,28+,31-,34+,38-,39+;27-,28+,31-,34+,38-,39-/m00/s1. The second-order valence-electron chi connectivity index (χ2n) is 32.1. The number of nitrogens with zero attached hydrogens (tertiary/aromatic N) is 4. The highest BCUT2D eigenvalue weighted by molar-refractivity contribution is 7.91. The van der Waals surface area contributed by atoms with Crippen LogP contribution in [0.15, 0.2) is 72.8 Å². The van der Waals surface area contributed by atoms with Gasteiger partial charge < -0.3 is 39.3 Å². The number of aryl methyl sites for hydroxylation is 2. The molecule has 536 valence electrons. The average Bonchev–Trinajstić information content (AvgIpc) is 1.42. The van der Waals surface area contributed by atoms with Crippen molar-refractivity contribution in [3.63, 3.8) is 0 Å². The number of carbonyl (C=O) groups excluding carboxylic acids is 2. The Balaban J connectivity index is 0.000000176. The van der Waals surface area contributed by atoms with Crippen molar-refractivity contribution in [3.05, 3.63) is 116 Å². The molecule has 6 heterocycles. The van der Waals surface area contributed by atoms with Gasteiger partial charge in [-0.1, -0.05) is 74.9 Å². The summed E-state index contributed by atoms with van der Waals surface area (Å²) in [6.07, 6.45) is 23.2. The van der Waals surface area contributed by atoms with Crippen LogP contribution in [0.4, 0.5) is 11.4 Å². The van der Waals surface area contributed by atoms with E-state index in [2.05, 4.69) is 53.3 Å². The van der Waals surface area contributed by atoms with Gasteiger partial charge in [-0.15, -0.1) is 0 Å². The van der Waals surface area contributed by atoms with Crippen molar-refractivity contribution in [2.24, 2.45) is 35.5 Å². The number of aliphatic hydroxyl groups is 2. The molecule has 98 heavy (non-hydrogen) atoms. The number of hydrogen-bond acceptors (Lipinski definition) is 14. The van der Waals surface area contributed by atoms with E-state index in [0.717, 1.165) is 164 Å². The number of hydrogen-bond donors (Lipinski definition) is 4. The van der Waals surface area contributed by atoms with Gasteiger partial charge in [0, 0.05) is 71.3 Å². The van der Waals surface area contributed by atoms with E-state index in [0.29, 0.717) is 86.4 Å². The summed E-state index contributed by atoms with van der Waals surface area (Å²) in [7, 11) is -7.85. The van der Waals surface area contributed by atoms with Crippen molar-refractivity contribution < 1.29 is 46.1 Å². The van der Waals surface area contributed by atoms with E-state index in [-0.39, 0.29) is 34.5 Å². The molecule has 16 nitrogen and oxygen atoms in total. The van der Waals surface area contributed by atoms with Gasteiger partial charge in [-0.3, -0.25) is 9.59 Å². The Hall–Kier alpha value is -4.66. The lowest BCUT2D eigenvalue weighted by Gasteiger charge is -2.51. The van der Waals surface area contributed by atoms with Gasteiger partial charge in [-0.2, -0.15) is 0 Å². The number of benzene rings is 4. The van der Waals surface area contributed by atoms with Crippen molar-refractivity contribution in [1.82, 2.24) is 19.2 Å². The molecule has 6 aliphatic heterocycles. The first-order valence-electron chi connectivity index (χ1n) is 37.6. The predicted molar refractivity (Wildman–Crippen MR) is 390 cm³/mol. The van der Waals surface area contributed by atoms with Crippen LogP contribution in [0.2, 0.25) is 10.0 Å². The number of sulfonamides is 2. The molecule has 10 aliphatic rings. The normalized spacial score (nSPS) is 33.7. The monoisotopic (exact) mass is 1420 g/mol. The van der Waals surface area contributed by atoms with E-state index in [1.54, 1.807) is 26.0 Å². The van der Waals surface area contributed by atoms with Crippen LogP contribution in [0.3, 0.4) is 0 Å². The number of piperidine rings is 2. The van der Waals surface area contributed by atoms with Crippen molar-refractivity contribution in [1.29, 1.82) is 0 Å². The summed E-state index contributed by atoms with van der Waals surface area (Å²) in [5, 5.41) is 25.3. The topological polar surface area (TPSA) is 198 Å². The molecule has 2 saturated heterocycles. The summed E-state index contributed by atoms with van der Waals surface area (Å²) in [4.78, 5) is 37.0. The van der Waals surface area contributed by atoms with E-state index < -0.39 is 53.6 Å². The summed E-state index contributed by atoms with van der Waals surface area (Å²) in [5.41, 5.74) is 5.18. The van der Waals surface area contributed by atoms with E-state index in [1.165, 1.54) is 60.8 Å². The zero-order chi connectivity index (χ0) is 68.8. The Labute approximate surface area is 594 Å². The third kappa shape index (κ3) is 15.2. The number of amides is 2. The summed E-state index contributed by atoms with van der Waals surface area (Å²) in [6.45, 7) is 17.4. The molecule has 0 aromatic heterocycles. The molecular formula is C78H108Cl2N6O10S2. The fourth-order valence-corrected chi connectivity index (χ4v) is 22.2. The molecule has 20 heteroatoms. The van der Waals surface area contributed by atoms with Gasteiger partial charge in [0.25, 0.3) is 11.8 Å². The first-order chi connectivity index (χ1) is 46.9. The highest BCUT2D eigenvalue weighted by Gasteiger charge is 2.52. The Morgan fingerprint density at radius 2 is 0.908 bits per heavy atom. The number of fused-ring (bicyclic) bond motifs is 8. The average molecular weight is 1420 g/mol. The fraction of sp³-hybridized carbons (Fsp3) is 0.667. The van der Waals surface area contributed by atoms with Crippen LogP contribution in [-0.4, -0.2) is 149 Å². The van der Waals surface area contributed by atoms with Gasteiger partial charge in [0.2, 0.25) is 20.0 Å². The predicted octanol–water partition coefficient (Wildman–Crippen LogP) is 13.4. The van der Waals surface area contributed by atoms with Crippen molar-refractivity contribution in [2.45, 2.75) is 214 Å². The number of anilines is 2. The minimum absolute atomic E-state index is 0.161. The molecule has 14 rings (SSSR count). The summed E-state index contributed by atoms with van der Waals surface area (Å²) in [5.74, 6) is 0.772. The number of halogens is 2. The highest BCUT2D eigenvalue weighted by atomic mass is 35.5. The Bertz CT molecular complexity index is 3530. The summed E-state index contributed by atoms with van der Waals surface area (Å²) < 4.78 is 72.0. The maximum Gasteiger partial charge on any atom is 0.264 e. The van der Waals surface area contributed by atoms with E-state index >= 15 is 0 Å². The van der Waals surface area contributed by atoms with Crippen LogP contribution in [0.1, 0.15) is 212 Å². The summed E-state index contributed by atoms with van der Waals surface area (Å²) >= 11 is 12.9. The third-order valence-corrected chi connectivity index (χ3v) is 30.2. The maximum absolute atomic E-state index is 13.6. The van der Waals surface area contributed by atoms with Gasteiger partial charge in [0.1, 0.15) is 11.5 Å². The van der Waals surface area contributed by atoms with Gasteiger partial charge in [0.05, 0.1) is 46.3 Å². The van der Waals surface area contributed by atoms with Gasteiger partial charge in [-0.05, 0) is 287 Å². The first-order valence-corrected chi connectivity index (χ1v) is 41.4. The number of rotatable bonds is 6. The Morgan fingerprint density at radius 3 is 1.30 bits per heavy atom. The molecule has 4 fully saturated rings. The molecule has 12 atom stereocenters. The highest BCUT2D eigenvalue weighted by Crippen LogP contribution is 2.53. The fourth-order valence-electron chi connectivity index (χ4n) is 19.2. The molecule has 4 N–H and O–H groups in total. The van der Waals surface area contributed by atoms with E-state index in [4.69, 9.17) is 32.7 Å². The molecule has 0 unspecified atom stereocenters. The van der Waals surface area contributed by atoms with Crippen molar-refractivity contribution in [2.75, 3.05) is 88.5 Å². The second kappa shape index (κ2) is 29.6. The van der Waals surface area contributed by atoms with Crippen molar-refractivity contribution >= 4 is 66.4 Å². The molecule has 2 saturated carbocycles. The van der Waals surface area contributed by atoms with Gasteiger partial charge in [-0.25, -0.2) is 26.3 Å². The number of nitrogens with one attached hydrogen (secondary N) is 2. The number of ether oxygens (including phenoxy) is 2. The quantitative estimate of drug-likeness (QED) is 0.142. The lowest BCUT2D eigenvalue weighted by Crippen LogP contribution is -2.54. The lowest BCUT2D eigenvalue weighted by atomic mass is 9.61. The minimum Gasteiger partial charge on any atom is -0.490 e. The van der Waals surface area contributed by atoms with Crippen molar-refractivity contribution in [3.8, 4) is 11.5 Å². The first kappa shape index (κ1) is 71.7. The van der Waals surface area contributed by atoms with E-state index in [1.807, 2.05) is 50.2 Å². The molecule has 4 aromatic carbocycles. The smallest absolute Gasteiger partial charge is 0.264 e. The largest absolute Gasteiger partial charge is 0.490 e.